The van der Waals surface area contributed by atoms with E-state index >= 15 is 0 Å². The van der Waals surface area contributed by atoms with Crippen molar-refractivity contribution in [2.75, 3.05) is 23.7 Å². The molecule has 212 valence electrons. The van der Waals surface area contributed by atoms with Gasteiger partial charge in [-0.1, -0.05) is 48.5 Å². The fourth-order valence-electron chi connectivity index (χ4n) is 5.01. The van der Waals surface area contributed by atoms with Gasteiger partial charge in [-0.3, -0.25) is 19.6 Å². The Labute approximate surface area is 241 Å². The van der Waals surface area contributed by atoms with E-state index in [2.05, 4.69) is 69.0 Å². The number of anilines is 2. The average molecular weight is 552 g/mol. The number of carbonyl (C=O) groups is 1. The van der Waals surface area contributed by atoms with Crippen molar-refractivity contribution in [3.8, 4) is 16.8 Å². The van der Waals surface area contributed by atoms with E-state index in [1.807, 2.05) is 26.8 Å². The second kappa shape index (κ2) is 12.4. The van der Waals surface area contributed by atoms with Crippen LogP contribution >= 0.6 is 0 Å². The fraction of sp³-hybridized carbons (Fsp3) is 0.303. The number of nitrogens with one attached hydrogen (secondary N) is 2. The molecule has 4 aromatic rings. The molecule has 1 aromatic heterocycles. The minimum Gasteiger partial charge on any atom is -0.444 e. The molecule has 1 aliphatic rings. The van der Waals surface area contributed by atoms with Gasteiger partial charge < -0.3 is 10.1 Å². The Balaban J connectivity index is 1.17. The summed E-state index contributed by atoms with van der Waals surface area (Å²) in [5.74, 6) is 0.345. The monoisotopic (exact) mass is 551 g/mol. The molecule has 0 saturated carbocycles. The second-order valence-electron chi connectivity index (χ2n) is 11.4. The summed E-state index contributed by atoms with van der Waals surface area (Å²) < 4.78 is 6.85. The Morgan fingerprint density at radius 2 is 1.66 bits per heavy atom. The number of likely N-dealkylation sites (tertiary alicyclic amines) is 1. The van der Waals surface area contributed by atoms with Crippen molar-refractivity contribution in [3.63, 3.8) is 0 Å². The number of hydrogen-bond donors (Lipinski definition) is 2. The molecular formula is C33H37N5O3. The van der Waals surface area contributed by atoms with Gasteiger partial charge in [-0.15, -0.1) is 0 Å². The summed E-state index contributed by atoms with van der Waals surface area (Å²) in [6.07, 6.45) is 4.62. The van der Waals surface area contributed by atoms with Crippen molar-refractivity contribution in [2.45, 2.75) is 51.8 Å². The maximum Gasteiger partial charge on any atom is 0.412 e. The summed E-state index contributed by atoms with van der Waals surface area (Å²) in [4.78, 5) is 32.1. The molecule has 0 unspecified atom stereocenters. The third-order valence-corrected chi connectivity index (χ3v) is 7.00. The number of aromatic nitrogens is 2. The number of rotatable bonds is 7. The standard InChI is InChI=1S/C33H37N5O3/c1-33(2,3)41-32(40)36-27-12-14-29(15-13-27)38-21-18-34-30(31(38)39)35-28-16-19-37(20-17-28)23-24-8-7-11-26(22-24)25-9-5-4-6-10-25/h4-15,18,21-22,28H,16-17,19-20,23H2,1-3H3,(H,34,35)(H,36,40). The van der Waals surface area contributed by atoms with Gasteiger partial charge in [0.05, 0.1) is 0 Å². The molecule has 1 fully saturated rings. The van der Waals surface area contributed by atoms with Crippen molar-refractivity contribution in [1.82, 2.24) is 14.5 Å². The van der Waals surface area contributed by atoms with Gasteiger partial charge in [-0.2, -0.15) is 0 Å². The molecular weight excluding hydrogens is 514 g/mol. The summed E-state index contributed by atoms with van der Waals surface area (Å²) >= 11 is 0. The van der Waals surface area contributed by atoms with Crippen LogP contribution in [0.3, 0.4) is 0 Å². The molecule has 1 aliphatic heterocycles. The molecule has 1 saturated heterocycles. The Hall–Kier alpha value is -4.43. The molecule has 2 N–H and O–H groups in total. The second-order valence-corrected chi connectivity index (χ2v) is 11.4. The maximum absolute atomic E-state index is 13.3. The number of carbonyl (C=O) groups excluding carboxylic acids is 1. The maximum atomic E-state index is 13.3. The SMILES string of the molecule is CC(C)(C)OC(=O)Nc1ccc(-n2ccnc(NC3CCN(Cc4cccc(-c5ccccc5)c4)CC3)c2=O)cc1. The minimum absolute atomic E-state index is 0.179. The highest BCUT2D eigenvalue weighted by Crippen LogP contribution is 2.22. The van der Waals surface area contributed by atoms with E-state index in [1.165, 1.54) is 16.7 Å². The van der Waals surface area contributed by atoms with Crippen LogP contribution in [0, 0.1) is 0 Å². The minimum atomic E-state index is -0.580. The molecule has 0 spiro atoms. The number of benzene rings is 3. The summed E-state index contributed by atoms with van der Waals surface area (Å²) in [7, 11) is 0. The quantitative estimate of drug-likeness (QED) is 0.279. The van der Waals surface area contributed by atoms with Crippen LogP contribution in [0.25, 0.3) is 16.8 Å². The van der Waals surface area contributed by atoms with E-state index in [4.69, 9.17) is 4.74 Å². The highest BCUT2D eigenvalue weighted by Gasteiger charge is 2.21. The molecule has 8 nitrogen and oxygen atoms in total. The Morgan fingerprint density at radius 3 is 2.37 bits per heavy atom. The van der Waals surface area contributed by atoms with Gasteiger partial charge in [-0.05, 0) is 80.6 Å². The molecule has 3 aromatic carbocycles. The van der Waals surface area contributed by atoms with Crippen LogP contribution in [0.4, 0.5) is 16.3 Å². The Bertz CT molecular complexity index is 1520. The third kappa shape index (κ3) is 7.61. The number of hydrogen-bond acceptors (Lipinski definition) is 6. The number of ether oxygens (including phenoxy) is 1. The van der Waals surface area contributed by atoms with Crippen molar-refractivity contribution in [1.29, 1.82) is 0 Å². The van der Waals surface area contributed by atoms with Gasteiger partial charge in [-0.25, -0.2) is 9.78 Å². The zero-order chi connectivity index (χ0) is 28.8. The first-order chi connectivity index (χ1) is 19.7. The smallest absolute Gasteiger partial charge is 0.412 e. The van der Waals surface area contributed by atoms with Crippen LogP contribution in [-0.4, -0.2) is 45.3 Å². The fourth-order valence-corrected chi connectivity index (χ4v) is 5.01. The molecule has 1 amide bonds. The van der Waals surface area contributed by atoms with E-state index in [0.29, 0.717) is 17.2 Å². The number of piperidine rings is 1. The summed E-state index contributed by atoms with van der Waals surface area (Å²) in [5, 5.41) is 6.10. The van der Waals surface area contributed by atoms with E-state index < -0.39 is 11.7 Å². The predicted molar refractivity (Wildman–Crippen MR) is 163 cm³/mol. The lowest BCUT2D eigenvalue weighted by Gasteiger charge is -2.32. The highest BCUT2D eigenvalue weighted by molar-refractivity contribution is 5.85. The third-order valence-electron chi connectivity index (χ3n) is 7.00. The molecule has 2 heterocycles. The van der Waals surface area contributed by atoms with Crippen molar-refractivity contribution in [3.05, 3.63) is 107 Å². The lowest BCUT2D eigenvalue weighted by atomic mass is 10.0. The van der Waals surface area contributed by atoms with Gasteiger partial charge in [0.25, 0.3) is 5.56 Å². The molecule has 5 rings (SSSR count). The van der Waals surface area contributed by atoms with E-state index in [1.54, 1.807) is 41.2 Å². The summed E-state index contributed by atoms with van der Waals surface area (Å²) in [6.45, 7) is 8.23. The number of amides is 1. The lowest BCUT2D eigenvalue weighted by molar-refractivity contribution is 0.0636. The van der Waals surface area contributed by atoms with Crippen LogP contribution in [-0.2, 0) is 11.3 Å². The zero-order valence-electron chi connectivity index (χ0n) is 23.8. The van der Waals surface area contributed by atoms with Crippen molar-refractivity contribution < 1.29 is 9.53 Å². The average Bonchev–Trinajstić information content (AvgIpc) is 2.95. The molecule has 0 aliphatic carbocycles. The van der Waals surface area contributed by atoms with Crippen LogP contribution in [0.2, 0.25) is 0 Å². The van der Waals surface area contributed by atoms with Crippen molar-refractivity contribution >= 4 is 17.6 Å². The van der Waals surface area contributed by atoms with Gasteiger partial charge in [0.15, 0.2) is 5.82 Å². The molecule has 8 heteroatoms. The summed E-state index contributed by atoms with van der Waals surface area (Å²) in [6, 6.07) is 26.4. The largest absolute Gasteiger partial charge is 0.444 e. The summed E-state index contributed by atoms with van der Waals surface area (Å²) in [5.41, 5.74) is 4.25. The van der Waals surface area contributed by atoms with Crippen LogP contribution < -0.4 is 16.2 Å². The lowest BCUT2D eigenvalue weighted by Crippen LogP contribution is -2.40. The van der Waals surface area contributed by atoms with E-state index in [0.717, 1.165) is 32.5 Å². The molecule has 0 atom stereocenters. The molecule has 0 bridgehead atoms. The van der Waals surface area contributed by atoms with E-state index in [9.17, 15) is 9.59 Å². The first-order valence-electron chi connectivity index (χ1n) is 14.0. The zero-order valence-corrected chi connectivity index (χ0v) is 23.8. The van der Waals surface area contributed by atoms with Crippen LogP contribution in [0.5, 0.6) is 0 Å². The van der Waals surface area contributed by atoms with Crippen LogP contribution in [0.15, 0.2) is 96.1 Å². The van der Waals surface area contributed by atoms with Gasteiger partial charge in [0.2, 0.25) is 0 Å². The highest BCUT2D eigenvalue weighted by atomic mass is 16.6. The molecule has 0 radical (unpaired) electrons. The Morgan fingerprint density at radius 1 is 0.951 bits per heavy atom. The van der Waals surface area contributed by atoms with Gasteiger partial charge in [0.1, 0.15) is 5.60 Å². The van der Waals surface area contributed by atoms with Gasteiger partial charge in [0, 0.05) is 49.4 Å². The number of nitrogens with zero attached hydrogens (tertiary/aromatic N) is 3. The first-order valence-corrected chi connectivity index (χ1v) is 14.0. The predicted octanol–water partition coefficient (Wildman–Crippen LogP) is 6.32. The van der Waals surface area contributed by atoms with Crippen LogP contribution in [0.1, 0.15) is 39.2 Å². The Kier molecular flexibility index (Phi) is 8.50. The van der Waals surface area contributed by atoms with Gasteiger partial charge >= 0.3 is 6.09 Å². The molecule has 41 heavy (non-hydrogen) atoms. The first kappa shape index (κ1) is 28.1. The van der Waals surface area contributed by atoms with Crippen molar-refractivity contribution in [2.24, 2.45) is 0 Å². The normalized spacial score (nSPS) is 14.4. The van der Waals surface area contributed by atoms with E-state index in [-0.39, 0.29) is 11.6 Å². The topological polar surface area (TPSA) is 88.5 Å².